The zero-order valence-corrected chi connectivity index (χ0v) is 18.0. The van der Waals surface area contributed by atoms with Crippen LogP contribution < -0.4 is 0 Å². The highest BCUT2D eigenvalue weighted by atomic mass is 32.2. The van der Waals surface area contributed by atoms with E-state index in [2.05, 4.69) is 40.4 Å². The Morgan fingerprint density at radius 2 is 2.18 bits per heavy atom. The van der Waals surface area contributed by atoms with Gasteiger partial charge in [-0.2, -0.15) is 0 Å². The van der Waals surface area contributed by atoms with Crippen LogP contribution in [0.3, 0.4) is 0 Å². The Labute approximate surface area is 172 Å². The summed E-state index contributed by atoms with van der Waals surface area (Å²) in [6, 6.07) is 6.01. The molecule has 0 fully saturated rings. The predicted octanol–water partition coefficient (Wildman–Crippen LogP) is 5.27. The van der Waals surface area contributed by atoms with Crippen LogP contribution in [0.2, 0.25) is 0 Å². The summed E-state index contributed by atoms with van der Waals surface area (Å²) >= 11 is 3.54. The minimum atomic E-state index is 0.301. The van der Waals surface area contributed by atoms with Crippen LogP contribution in [0.15, 0.2) is 29.6 Å². The summed E-state index contributed by atoms with van der Waals surface area (Å²) in [5, 5.41) is 11.3. The van der Waals surface area contributed by atoms with E-state index in [9.17, 15) is 0 Å². The lowest BCUT2D eigenvalue weighted by atomic mass is 9.89. The Kier molecular flexibility index (Phi) is 4.59. The molecule has 5 nitrogen and oxygen atoms in total. The molecule has 1 aliphatic rings. The Morgan fingerprint density at radius 3 is 2.96 bits per heavy atom. The molecule has 144 valence electrons. The fraction of sp³-hybridized carbons (Fsp3) is 0.429. The summed E-state index contributed by atoms with van der Waals surface area (Å²) in [7, 11) is 0. The van der Waals surface area contributed by atoms with E-state index in [-0.39, 0.29) is 0 Å². The van der Waals surface area contributed by atoms with E-state index in [0.717, 1.165) is 51.7 Å². The molecule has 0 amide bonds. The van der Waals surface area contributed by atoms with Gasteiger partial charge in [0.05, 0.1) is 11.1 Å². The van der Waals surface area contributed by atoms with Gasteiger partial charge in [-0.05, 0) is 42.9 Å². The Balaban J connectivity index is 1.65. The number of pyridine rings is 1. The molecule has 4 aromatic rings. The van der Waals surface area contributed by atoms with Crippen molar-refractivity contribution in [3.63, 3.8) is 0 Å². The second kappa shape index (κ2) is 7.12. The average molecular weight is 410 g/mol. The molecule has 4 heterocycles. The average Bonchev–Trinajstić information content (AvgIpc) is 3.26. The number of thioether (sulfide) groups is 1. The van der Waals surface area contributed by atoms with Crippen LogP contribution in [-0.4, -0.2) is 24.6 Å². The highest BCUT2D eigenvalue weighted by Crippen LogP contribution is 2.40. The van der Waals surface area contributed by atoms with E-state index in [1.54, 1.807) is 11.8 Å². The molecule has 4 aromatic heterocycles. The second-order valence-corrected chi connectivity index (χ2v) is 9.93. The van der Waals surface area contributed by atoms with Crippen LogP contribution >= 0.6 is 23.1 Å². The molecule has 0 N–H and O–H groups in total. The highest BCUT2D eigenvalue weighted by molar-refractivity contribution is 7.98. The normalized spacial score (nSPS) is 16.9. The Hall–Kier alpha value is -1.99. The lowest BCUT2D eigenvalue weighted by Gasteiger charge is -2.17. The van der Waals surface area contributed by atoms with Crippen LogP contribution in [-0.2, 0) is 18.6 Å². The van der Waals surface area contributed by atoms with Crippen molar-refractivity contribution in [2.45, 2.75) is 56.9 Å². The molecule has 0 spiro atoms. The summed E-state index contributed by atoms with van der Waals surface area (Å²) < 4.78 is 2.19. The first-order valence-corrected chi connectivity index (χ1v) is 11.6. The van der Waals surface area contributed by atoms with Gasteiger partial charge in [0.25, 0.3) is 0 Å². The number of thiophene rings is 1. The second-order valence-electron chi connectivity index (χ2n) is 7.91. The van der Waals surface area contributed by atoms with E-state index < -0.39 is 0 Å². The van der Waals surface area contributed by atoms with Crippen LogP contribution in [0.5, 0.6) is 0 Å². The molecule has 0 saturated heterocycles. The third kappa shape index (κ3) is 3.01. The third-order valence-corrected chi connectivity index (χ3v) is 7.50. The van der Waals surface area contributed by atoms with Crippen molar-refractivity contribution in [3.8, 4) is 0 Å². The quantitative estimate of drug-likeness (QED) is 0.430. The maximum Gasteiger partial charge on any atom is 0.197 e. The number of hydrogen-bond acceptors (Lipinski definition) is 6. The largest absolute Gasteiger partial charge is 0.260 e. The summed E-state index contributed by atoms with van der Waals surface area (Å²) in [4.78, 5) is 12.1. The number of fused-ring (bicyclic) bond motifs is 5. The maximum atomic E-state index is 5.09. The number of aryl methyl sites for hydroxylation is 1. The number of hydrogen-bond donors (Lipinski definition) is 0. The number of aromatic nitrogens is 5. The molecular formula is C21H23N5S2. The molecule has 0 saturated carbocycles. The first-order chi connectivity index (χ1) is 13.6. The fourth-order valence-corrected chi connectivity index (χ4v) is 6.18. The molecule has 28 heavy (non-hydrogen) atoms. The lowest BCUT2D eigenvalue weighted by molar-refractivity contribution is 0.509. The zero-order chi connectivity index (χ0) is 19.3. The zero-order valence-electron chi connectivity index (χ0n) is 16.3. The van der Waals surface area contributed by atoms with Gasteiger partial charge in [0.15, 0.2) is 10.8 Å². The summed E-state index contributed by atoms with van der Waals surface area (Å²) in [5.41, 5.74) is 3.48. The van der Waals surface area contributed by atoms with Gasteiger partial charge in [-0.1, -0.05) is 38.6 Å². The molecule has 0 aromatic carbocycles. The monoisotopic (exact) mass is 409 g/mol. The number of rotatable bonds is 4. The van der Waals surface area contributed by atoms with Gasteiger partial charge in [-0.15, -0.1) is 21.5 Å². The predicted molar refractivity (Wildman–Crippen MR) is 115 cm³/mol. The first kappa shape index (κ1) is 18.1. The van der Waals surface area contributed by atoms with Gasteiger partial charge in [-0.25, -0.2) is 4.98 Å². The molecule has 0 bridgehead atoms. The Morgan fingerprint density at radius 1 is 1.29 bits per heavy atom. The number of nitrogens with zero attached hydrogens (tertiary/aromatic N) is 5. The lowest BCUT2D eigenvalue weighted by Crippen LogP contribution is -2.09. The topological polar surface area (TPSA) is 56.0 Å². The van der Waals surface area contributed by atoms with Crippen molar-refractivity contribution >= 4 is 39.0 Å². The van der Waals surface area contributed by atoms with Gasteiger partial charge in [-0.3, -0.25) is 9.38 Å². The van der Waals surface area contributed by atoms with Crippen molar-refractivity contribution < 1.29 is 0 Å². The summed E-state index contributed by atoms with van der Waals surface area (Å²) in [6.45, 7) is 6.73. The van der Waals surface area contributed by atoms with E-state index in [4.69, 9.17) is 4.98 Å². The summed E-state index contributed by atoms with van der Waals surface area (Å²) in [6.07, 6.45) is 5.36. The van der Waals surface area contributed by atoms with Gasteiger partial charge in [0.2, 0.25) is 0 Å². The maximum absolute atomic E-state index is 5.09. The smallest absolute Gasteiger partial charge is 0.197 e. The van der Waals surface area contributed by atoms with Crippen molar-refractivity contribution in [2.24, 2.45) is 5.92 Å². The summed E-state index contributed by atoms with van der Waals surface area (Å²) in [5.74, 6) is 2.87. The van der Waals surface area contributed by atoms with E-state index in [0.29, 0.717) is 5.92 Å². The van der Waals surface area contributed by atoms with Crippen LogP contribution in [0.1, 0.15) is 55.1 Å². The van der Waals surface area contributed by atoms with E-state index in [1.807, 2.05) is 35.7 Å². The Bertz CT molecular complexity index is 1150. The molecule has 7 heteroatoms. The van der Waals surface area contributed by atoms with Crippen molar-refractivity contribution in [1.82, 2.24) is 24.6 Å². The van der Waals surface area contributed by atoms with Crippen molar-refractivity contribution in [3.05, 3.63) is 46.4 Å². The van der Waals surface area contributed by atoms with E-state index in [1.165, 1.54) is 22.2 Å². The fourth-order valence-electron chi connectivity index (χ4n) is 3.94. The molecule has 5 rings (SSSR count). The molecule has 1 aliphatic carbocycles. The highest BCUT2D eigenvalue weighted by Gasteiger charge is 2.26. The SMILES string of the molecule is CC(C)c1nc2sc3c(c2c2nnc(SCc4ccccn4)n12)CC[C@@H](C)C3. The molecule has 1 atom stereocenters. The first-order valence-electron chi connectivity index (χ1n) is 9.83. The molecule has 0 radical (unpaired) electrons. The van der Waals surface area contributed by atoms with Crippen molar-refractivity contribution in [2.75, 3.05) is 0 Å². The molecular weight excluding hydrogens is 386 g/mol. The minimum absolute atomic E-state index is 0.301. The standard InChI is InChI=1S/C21H23N5S2/c1-12(2)18-23-20-17(15-8-7-13(3)10-16(15)28-20)19-24-25-21(26(18)19)27-11-14-6-4-5-9-22-14/h4-6,9,12-13H,7-8,10-11H2,1-3H3/t13-/m1/s1. The van der Waals surface area contributed by atoms with Crippen LogP contribution in [0, 0.1) is 5.92 Å². The minimum Gasteiger partial charge on any atom is -0.260 e. The van der Waals surface area contributed by atoms with Gasteiger partial charge >= 0.3 is 0 Å². The molecule has 0 aliphatic heterocycles. The van der Waals surface area contributed by atoms with Crippen LogP contribution in [0.4, 0.5) is 0 Å². The van der Waals surface area contributed by atoms with Crippen LogP contribution in [0.25, 0.3) is 15.9 Å². The van der Waals surface area contributed by atoms with E-state index >= 15 is 0 Å². The third-order valence-electron chi connectivity index (χ3n) is 5.39. The van der Waals surface area contributed by atoms with Gasteiger partial charge < -0.3 is 0 Å². The van der Waals surface area contributed by atoms with Gasteiger partial charge in [0, 0.05) is 22.7 Å². The molecule has 0 unspecified atom stereocenters. The van der Waals surface area contributed by atoms with Crippen molar-refractivity contribution in [1.29, 1.82) is 0 Å². The van der Waals surface area contributed by atoms with Gasteiger partial charge in [0.1, 0.15) is 10.7 Å².